The van der Waals surface area contributed by atoms with E-state index in [0.29, 0.717) is 51.7 Å². The van der Waals surface area contributed by atoms with Crippen molar-refractivity contribution in [2.45, 2.75) is 6.61 Å². The van der Waals surface area contributed by atoms with Crippen LogP contribution in [0.1, 0.15) is 11.1 Å². The first-order chi connectivity index (χ1) is 18.7. The summed E-state index contributed by atoms with van der Waals surface area (Å²) in [6, 6.07) is 32.1. The first kappa shape index (κ1) is 23.2. The number of methoxy groups -OCH3 is 1. The van der Waals surface area contributed by atoms with Crippen molar-refractivity contribution < 1.29 is 13.9 Å². The van der Waals surface area contributed by atoms with Gasteiger partial charge >= 0.3 is 0 Å². The molecule has 0 fully saturated rings. The van der Waals surface area contributed by atoms with Crippen molar-refractivity contribution in [3.8, 4) is 23.1 Å². The molecule has 4 aromatic carbocycles. The molecule has 186 valence electrons. The molecule has 0 saturated carbocycles. The van der Waals surface area contributed by atoms with Crippen LogP contribution in [-0.2, 0) is 6.61 Å². The van der Waals surface area contributed by atoms with Gasteiger partial charge in [0.1, 0.15) is 12.2 Å². The van der Waals surface area contributed by atoms with E-state index in [4.69, 9.17) is 18.9 Å². The summed E-state index contributed by atoms with van der Waals surface area (Å²) < 4.78 is 19.0. The Balaban J connectivity index is 1.46. The Kier molecular flexibility index (Phi) is 6.16. The molecule has 0 atom stereocenters. The Morgan fingerprint density at radius 1 is 0.921 bits per heavy atom. The molecule has 0 unspecified atom stereocenters. The zero-order valence-corrected chi connectivity index (χ0v) is 20.6. The summed E-state index contributed by atoms with van der Waals surface area (Å²) in [5, 5.41) is 5.95. The van der Waals surface area contributed by atoms with Crippen molar-refractivity contribution in [3.63, 3.8) is 0 Å². The fourth-order valence-corrected chi connectivity index (χ4v) is 4.28. The highest BCUT2D eigenvalue weighted by atomic mass is 16.5. The summed E-state index contributed by atoms with van der Waals surface area (Å²) in [6.45, 7) is 0.351. The number of ether oxygens (including phenoxy) is 2. The first-order valence-corrected chi connectivity index (χ1v) is 12.1. The summed E-state index contributed by atoms with van der Waals surface area (Å²) in [6.07, 6.45) is 1.58. The molecule has 0 bridgehead atoms. The molecule has 2 heterocycles. The number of nitrogens with zero attached hydrogens (tertiary/aromatic N) is 3. The minimum Gasteiger partial charge on any atom is -0.493 e. The standard InChI is InChI=1S/C31H23N3O4/c1-36-27-17-9-13-23(29(27)37-20-21-10-3-2-4-11-21)19-32-34-30(28-18-22-12-5-8-16-26(22)38-28)33-25-15-7-6-14-24(25)31(34)35/h2-19H,20H2,1H3. The molecule has 2 aromatic heterocycles. The molecule has 0 spiro atoms. The van der Waals surface area contributed by atoms with Crippen molar-refractivity contribution in [1.29, 1.82) is 0 Å². The van der Waals surface area contributed by atoms with Gasteiger partial charge in [0.15, 0.2) is 17.3 Å². The van der Waals surface area contributed by atoms with Crippen LogP contribution < -0.4 is 15.0 Å². The summed E-state index contributed by atoms with van der Waals surface area (Å²) in [7, 11) is 1.59. The highest BCUT2D eigenvalue weighted by Crippen LogP contribution is 2.31. The summed E-state index contributed by atoms with van der Waals surface area (Å²) >= 11 is 0. The van der Waals surface area contributed by atoms with Gasteiger partial charge in [0.25, 0.3) is 5.56 Å². The van der Waals surface area contributed by atoms with Crippen molar-refractivity contribution in [3.05, 3.63) is 125 Å². The highest BCUT2D eigenvalue weighted by molar-refractivity contribution is 5.86. The number of benzene rings is 4. The topological polar surface area (TPSA) is 78.9 Å². The molecule has 0 aliphatic carbocycles. The molecule has 7 nitrogen and oxygen atoms in total. The van der Waals surface area contributed by atoms with Crippen LogP contribution in [0.2, 0.25) is 0 Å². The lowest BCUT2D eigenvalue weighted by Crippen LogP contribution is -2.20. The second kappa shape index (κ2) is 10.1. The number of aromatic nitrogens is 2. The van der Waals surface area contributed by atoms with Crippen molar-refractivity contribution >= 4 is 28.1 Å². The van der Waals surface area contributed by atoms with E-state index in [2.05, 4.69) is 5.10 Å². The van der Waals surface area contributed by atoms with E-state index in [0.717, 1.165) is 10.9 Å². The maximum Gasteiger partial charge on any atom is 0.282 e. The summed E-state index contributed by atoms with van der Waals surface area (Å²) in [5.41, 5.74) is 2.62. The molecular formula is C31H23N3O4. The van der Waals surface area contributed by atoms with Gasteiger partial charge in [0, 0.05) is 10.9 Å². The molecule has 0 aliphatic heterocycles. The van der Waals surface area contributed by atoms with Gasteiger partial charge in [-0.3, -0.25) is 4.79 Å². The highest BCUT2D eigenvalue weighted by Gasteiger charge is 2.17. The van der Waals surface area contributed by atoms with Crippen LogP contribution in [0, 0.1) is 0 Å². The quantitative estimate of drug-likeness (QED) is 0.241. The Morgan fingerprint density at radius 3 is 2.55 bits per heavy atom. The Bertz CT molecular complexity index is 1800. The largest absolute Gasteiger partial charge is 0.493 e. The maximum atomic E-state index is 13.6. The predicted molar refractivity (Wildman–Crippen MR) is 148 cm³/mol. The number of hydrogen-bond donors (Lipinski definition) is 0. The summed E-state index contributed by atoms with van der Waals surface area (Å²) in [5.74, 6) is 1.83. The van der Waals surface area contributed by atoms with Gasteiger partial charge in [0.2, 0.25) is 5.82 Å². The zero-order valence-electron chi connectivity index (χ0n) is 20.6. The Hall–Kier alpha value is -5.17. The SMILES string of the molecule is COc1cccc(C=Nn2c(-c3cc4ccccc4o3)nc3ccccc3c2=O)c1OCc1ccccc1. The average Bonchev–Trinajstić information content (AvgIpc) is 3.40. The van der Waals surface area contributed by atoms with Crippen LogP contribution >= 0.6 is 0 Å². The van der Waals surface area contributed by atoms with E-state index in [1.54, 1.807) is 31.5 Å². The van der Waals surface area contributed by atoms with Crippen LogP contribution in [0.5, 0.6) is 11.5 Å². The molecule has 38 heavy (non-hydrogen) atoms. The van der Waals surface area contributed by atoms with Gasteiger partial charge in [-0.2, -0.15) is 9.78 Å². The monoisotopic (exact) mass is 501 g/mol. The third kappa shape index (κ3) is 4.41. The van der Waals surface area contributed by atoms with Gasteiger partial charge in [-0.15, -0.1) is 0 Å². The van der Waals surface area contributed by atoms with E-state index >= 15 is 0 Å². The van der Waals surface area contributed by atoms with Gasteiger partial charge in [-0.25, -0.2) is 4.98 Å². The second-order valence-electron chi connectivity index (χ2n) is 8.62. The van der Waals surface area contributed by atoms with Crippen LogP contribution in [0.15, 0.2) is 117 Å². The molecule has 6 rings (SSSR count). The van der Waals surface area contributed by atoms with Gasteiger partial charge in [0.05, 0.1) is 24.2 Å². The van der Waals surface area contributed by atoms with E-state index in [1.165, 1.54) is 4.68 Å². The average molecular weight is 502 g/mol. The molecular weight excluding hydrogens is 478 g/mol. The number of hydrogen-bond acceptors (Lipinski definition) is 6. The molecule has 0 aliphatic rings. The van der Waals surface area contributed by atoms with Crippen molar-refractivity contribution in [1.82, 2.24) is 9.66 Å². The number of fused-ring (bicyclic) bond motifs is 2. The molecule has 6 aromatic rings. The lowest BCUT2D eigenvalue weighted by atomic mass is 10.2. The molecule has 0 N–H and O–H groups in total. The van der Waals surface area contributed by atoms with Gasteiger partial charge < -0.3 is 13.9 Å². The van der Waals surface area contributed by atoms with Crippen LogP contribution in [-0.4, -0.2) is 23.0 Å². The molecule has 0 saturated heterocycles. The van der Waals surface area contributed by atoms with Crippen molar-refractivity contribution in [2.75, 3.05) is 7.11 Å². The van der Waals surface area contributed by atoms with E-state index in [-0.39, 0.29) is 5.56 Å². The number of rotatable bonds is 7. The maximum absolute atomic E-state index is 13.6. The summed E-state index contributed by atoms with van der Waals surface area (Å²) in [4.78, 5) is 18.3. The normalized spacial score (nSPS) is 11.4. The van der Waals surface area contributed by atoms with Gasteiger partial charge in [-0.1, -0.05) is 66.7 Å². The van der Waals surface area contributed by atoms with Crippen molar-refractivity contribution in [2.24, 2.45) is 5.10 Å². The third-order valence-electron chi connectivity index (χ3n) is 6.17. The zero-order chi connectivity index (χ0) is 25.9. The third-order valence-corrected chi connectivity index (χ3v) is 6.17. The first-order valence-electron chi connectivity index (χ1n) is 12.1. The Labute approximate surface area is 218 Å². The lowest BCUT2D eigenvalue weighted by Gasteiger charge is -2.13. The fraction of sp³-hybridized carbons (Fsp3) is 0.0645. The number of para-hydroxylation sites is 3. The molecule has 0 radical (unpaired) electrons. The molecule has 0 amide bonds. The van der Waals surface area contributed by atoms with Crippen LogP contribution in [0.3, 0.4) is 0 Å². The predicted octanol–water partition coefficient (Wildman–Crippen LogP) is 6.28. The number of furan rings is 1. The lowest BCUT2D eigenvalue weighted by molar-refractivity contribution is 0.284. The smallest absolute Gasteiger partial charge is 0.282 e. The Morgan fingerprint density at radius 2 is 1.71 bits per heavy atom. The van der Waals surface area contributed by atoms with E-state index in [1.807, 2.05) is 84.9 Å². The molecule has 7 heteroatoms. The fourth-order valence-electron chi connectivity index (χ4n) is 4.28. The minimum atomic E-state index is -0.308. The minimum absolute atomic E-state index is 0.302. The van der Waals surface area contributed by atoms with Crippen LogP contribution in [0.25, 0.3) is 33.5 Å². The van der Waals surface area contributed by atoms with E-state index in [9.17, 15) is 4.79 Å². The second-order valence-corrected chi connectivity index (χ2v) is 8.62. The van der Waals surface area contributed by atoms with Gasteiger partial charge in [-0.05, 0) is 42.0 Å². The van der Waals surface area contributed by atoms with E-state index < -0.39 is 0 Å². The van der Waals surface area contributed by atoms with Crippen LogP contribution in [0.4, 0.5) is 0 Å².